The Morgan fingerprint density at radius 2 is 1.00 bits per heavy atom. The van der Waals surface area contributed by atoms with Crippen molar-refractivity contribution in [3.63, 3.8) is 0 Å². The van der Waals surface area contributed by atoms with E-state index < -0.39 is 5.41 Å². The number of nitrogen functional groups attached to an aromatic ring is 1. The van der Waals surface area contributed by atoms with Crippen LogP contribution in [0.3, 0.4) is 0 Å². The number of anilines is 1. The molecule has 8 aromatic rings. The first kappa shape index (κ1) is 33.5. The molecule has 0 radical (unpaired) electrons. The summed E-state index contributed by atoms with van der Waals surface area (Å²) in [6.45, 7) is 0. The molecule has 57 heavy (non-hydrogen) atoms. The van der Waals surface area contributed by atoms with Crippen LogP contribution in [0.5, 0.6) is 0 Å². The fourth-order valence-corrected chi connectivity index (χ4v) is 11.0. The lowest BCUT2D eigenvalue weighted by atomic mass is 9.63. The van der Waals surface area contributed by atoms with Crippen LogP contribution in [0.25, 0.3) is 56.4 Å². The molecule has 7 aromatic carbocycles. The molecule has 1 aromatic heterocycles. The van der Waals surface area contributed by atoms with Gasteiger partial charge in [0.15, 0.2) is 17.5 Å². The normalized spacial score (nSPS) is 16.9. The number of benzene rings is 7. The third-order valence-corrected chi connectivity index (χ3v) is 13.2. The molecule has 0 fully saturated rings. The molecule has 4 nitrogen and oxygen atoms in total. The largest absolute Gasteiger partial charge is 0.399 e. The standard InChI is InChI=1S/C52H36N4S/c53-38-22-12-20-36(32-38)40-26-14-30-46-48(40)57-47-39(25-13-29-45(47)52(46)43-27-9-7-23-41(43)42-24-8-10-28-44(42)52)35-19-11-21-37(31-35)51-55-49(33-15-3-1-4-16-33)54-50(56-51)34-17-5-2-6-18-34/h1-32,40,48H,53H2. The fourth-order valence-electron chi connectivity index (χ4n) is 9.26. The fraction of sp³-hybridized carbons (Fsp3) is 0.0577. The Morgan fingerprint density at radius 1 is 0.474 bits per heavy atom. The second kappa shape index (κ2) is 13.4. The van der Waals surface area contributed by atoms with Gasteiger partial charge >= 0.3 is 0 Å². The average molecular weight is 749 g/mol. The molecule has 2 atom stereocenters. The summed E-state index contributed by atoms with van der Waals surface area (Å²) in [7, 11) is 0. The van der Waals surface area contributed by atoms with Crippen LogP contribution in [-0.4, -0.2) is 20.2 Å². The molecule has 2 N–H and O–H groups in total. The SMILES string of the molecule is Nc1cccc(C2C=CC=C3C2Sc2c(-c4cccc(-c5nc(-c6ccccc6)nc(-c6ccccc6)n5)c4)cccc2C32c3ccccc3-c3ccccc32)c1. The van der Waals surface area contributed by atoms with Crippen LogP contribution in [0.2, 0.25) is 0 Å². The van der Waals surface area contributed by atoms with Crippen LogP contribution in [0.15, 0.2) is 205 Å². The van der Waals surface area contributed by atoms with Crippen LogP contribution in [0.1, 0.15) is 28.2 Å². The summed E-state index contributed by atoms with van der Waals surface area (Å²) < 4.78 is 0. The van der Waals surface area contributed by atoms with Gasteiger partial charge < -0.3 is 5.73 Å². The number of nitrogens with two attached hydrogens (primary N) is 1. The first-order chi connectivity index (χ1) is 28.2. The highest BCUT2D eigenvalue weighted by Crippen LogP contribution is 2.65. The van der Waals surface area contributed by atoms with E-state index in [1.165, 1.54) is 49.4 Å². The number of rotatable bonds is 5. The minimum absolute atomic E-state index is 0.123. The zero-order valence-electron chi connectivity index (χ0n) is 31.0. The van der Waals surface area contributed by atoms with Gasteiger partial charge in [-0.1, -0.05) is 176 Å². The molecular weight excluding hydrogens is 713 g/mol. The minimum Gasteiger partial charge on any atom is -0.399 e. The minimum atomic E-state index is -0.473. The van der Waals surface area contributed by atoms with Crippen LogP contribution in [-0.2, 0) is 5.41 Å². The maximum absolute atomic E-state index is 6.44. The van der Waals surface area contributed by atoms with E-state index in [-0.39, 0.29) is 11.2 Å². The zero-order chi connectivity index (χ0) is 37.9. The molecule has 270 valence electrons. The molecule has 0 saturated carbocycles. The predicted molar refractivity (Wildman–Crippen MR) is 234 cm³/mol. The van der Waals surface area contributed by atoms with Crippen LogP contribution in [0.4, 0.5) is 5.69 Å². The molecule has 0 saturated heterocycles. The lowest BCUT2D eigenvalue weighted by molar-refractivity contribution is 0.647. The molecular formula is C52H36N4S. The van der Waals surface area contributed by atoms with E-state index in [0.717, 1.165) is 27.9 Å². The van der Waals surface area contributed by atoms with E-state index in [1.54, 1.807) is 0 Å². The Bertz CT molecular complexity index is 2810. The summed E-state index contributed by atoms with van der Waals surface area (Å²) in [6, 6.07) is 62.4. The molecule has 2 heterocycles. The number of nitrogens with zero attached hydrogens (tertiary/aromatic N) is 3. The summed E-state index contributed by atoms with van der Waals surface area (Å²) in [5.74, 6) is 2.06. The Balaban J connectivity index is 1.13. The summed E-state index contributed by atoms with van der Waals surface area (Å²) in [4.78, 5) is 16.4. The quantitative estimate of drug-likeness (QED) is 0.178. The van der Waals surface area contributed by atoms with Gasteiger partial charge in [-0.3, -0.25) is 0 Å². The van der Waals surface area contributed by atoms with Crippen molar-refractivity contribution in [2.75, 3.05) is 5.73 Å². The molecule has 2 unspecified atom stereocenters. The molecule has 1 aliphatic heterocycles. The highest BCUT2D eigenvalue weighted by molar-refractivity contribution is 8.00. The van der Waals surface area contributed by atoms with Crippen molar-refractivity contribution in [3.8, 4) is 56.4 Å². The van der Waals surface area contributed by atoms with Gasteiger partial charge in [0.25, 0.3) is 0 Å². The summed E-state index contributed by atoms with van der Waals surface area (Å²) in [5.41, 5.74) is 21.1. The van der Waals surface area contributed by atoms with Gasteiger partial charge in [-0.2, -0.15) is 0 Å². The van der Waals surface area contributed by atoms with Crippen LogP contribution < -0.4 is 5.73 Å². The lowest BCUT2D eigenvalue weighted by Crippen LogP contribution is -2.40. The predicted octanol–water partition coefficient (Wildman–Crippen LogP) is 12.2. The first-order valence-corrected chi connectivity index (χ1v) is 20.3. The molecule has 0 amide bonds. The number of hydrogen-bond acceptors (Lipinski definition) is 5. The number of hydrogen-bond donors (Lipinski definition) is 1. The van der Waals surface area contributed by atoms with Gasteiger partial charge in [0.2, 0.25) is 0 Å². The Hall–Kier alpha value is -6.82. The van der Waals surface area contributed by atoms with E-state index in [2.05, 4.69) is 127 Å². The van der Waals surface area contributed by atoms with Gasteiger partial charge in [-0.15, -0.1) is 11.8 Å². The van der Waals surface area contributed by atoms with Crippen molar-refractivity contribution in [1.82, 2.24) is 15.0 Å². The Labute approximate surface area is 336 Å². The maximum atomic E-state index is 6.44. The molecule has 0 bridgehead atoms. The third kappa shape index (κ3) is 5.34. The molecule has 5 heteroatoms. The number of aromatic nitrogens is 3. The second-order valence-corrected chi connectivity index (χ2v) is 16.0. The lowest BCUT2D eigenvalue weighted by Gasteiger charge is -2.47. The van der Waals surface area contributed by atoms with Gasteiger partial charge in [0.05, 0.1) is 5.41 Å². The average Bonchev–Trinajstić information content (AvgIpc) is 3.57. The number of fused-ring (bicyclic) bond motifs is 9. The van der Waals surface area contributed by atoms with Gasteiger partial charge in [0.1, 0.15) is 0 Å². The molecule has 1 spiro atoms. The molecule has 11 rings (SSSR count). The van der Waals surface area contributed by atoms with Crippen molar-refractivity contribution in [2.24, 2.45) is 0 Å². The van der Waals surface area contributed by atoms with Crippen molar-refractivity contribution in [3.05, 3.63) is 222 Å². The van der Waals surface area contributed by atoms with Crippen molar-refractivity contribution >= 4 is 17.4 Å². The summed E-state index contributed by atoms with van der Waals surface area (Å²) >= 11 is 1.98. The third-order valence-electron chi connectivity index (χ3n) is 11.7. The smallest absolute Gasteiger partial charge is 0.164 e. The first-order valence-electron chi connectivity index (χ1n) is 19.4. The van der Waals surface area contributed by atoms with Gasteiger partial charge in [0, 0.05) is 38.4 Å². The van der Waals surface area contributed by atoms with Crippen LogP contribution in [0, 0.1) is 0 Å². The summed E-state index contributed by atoms with van der Waals surface area (Å²) in [5, 5.41) is 0.123. The van der Waals surface area contributed by atoms with E-state index in [1.807, 2.05) is 78.5 Å². The maximum Gasteiger partial charge on any atom is 0.164 e. The molecule has 2 aliphatic carbocycles. The Kier molecular flexibility index (Phi) is 7.90. The highest BCUT2D eigenvalue weighted by Gasteiger charge is 2.54. The second-order valence-electron chi connectivity index (χ2n) is 14.9. The topological polar surface area (TPSA) is 64.7 Å². The highest BCUT2D eigenvalue weighted by atomic mass is 32.2. The monoisotopic (exact) mass is 748 g/mol. The van der Waals surface area contributed by atoms with Crippen LogP contribution >= 0.6 is 11.8 Å². The van der Waals surface area contributed by atoms with E-state index in [9.17, 15) is 0 Å². The van der Waals surface area contributed by atoms with Crippen molar-refractivity contribution < 1.29 is 0 Å². The zero-order valence-corrected chi connectivity index (χ0v) is 31.8. The van der Waals surface area contributed by atoms with E-state index in [0.29, 0.717) is 17.5 Å². The van der Waals surface area contributed by atoms with Gasteiger partial charge in [-0.05, 0) is 68.3 Å². The number of thioether (sulfide) groups is 1. The molecule has 3 aliphatic rings. The number of allylic oxidation sites excluding steroid dienone is 3. The van der Waals surface area contributed by atoms with E-state index in [4.69, 9.17) is 20.7 Å². The summed E-state index contributed by atoms with van der Waals surface area (Å²) in [6.07, 6.45) is 7.02. The van der Waals surface area contributed by atoms with E-state index >= 15 is 0 Å². The van der Waals surface area contributed by atoms with Gasteiger partial charge in [-0.25, -0.2) is 15.0 Å². The van der Waals surface area contributed by atoms with Crippen molar-refractivity contribution in [2.45, 2.75) is 21.5 Å². The van der Waals surface area contributed by atoms with Crippen molar-refractivity contribution in [1.29, 1.82) is 0 Å². The Morgan fingerprint density at radius 3 is 1.67 bits per heavy atom.